The summed E-state index contributed by atoms with van der Waals surface area (Å²) in [5, 5.41) is 11.3. The summed E-state index contributed by atoms with van der Waals surface area (Å²) in [7, 11) is 1.15. The van der Waals surface area contributed by atoms with Crippen LogP contribution in [0.1, 0.15) is 28.8 Å². The molecule has 3 rings (SSSR count). The van der Waals surface area contributed by atoms with Gasteiger partial charge in [0.15, 0.2) is 0 Å². The van der Waals surface area contributed by atoms with Gasteiger partial charge in [-0.25, -0.2) is 23.5 Å². The van der Waals surface area contributed by atoms with Crippen molar-refractivity contribution in [2.75, 3.05) is 18.6 Å². The first-order valence-electron chi connectivity index (χ1n) is 11.0. The summed E-state index contributed by atoms with van der Waals surface area (Å²) < 4.78 is 32.5. The van der Waals surface area contributed by atoms with Gasteiger partial charge in [0.25, 0.3) is 5.91 Å². The molecule has 36 heavy (non-hydrogen) atoms. The lowest BCUT2D eigenvalue weighted by Crippen LogP contribution is -2.41. The fraction of sp³-hybridized carbons (Fsp3) is 0.192. The van der Waals surface area contributed by atoms with Crippen molar-refractivity contribution >= 4 is 29.6 Å². The van der Waals surface area contributed by atoms with E-state index in [2.05, 4.69) is 21.4 Å². The molecule has 1 aromatic heterocycles. The molecule has 184 valence electrons. The molecule has 1 amide bonds. The first-order chi connectivity index (χ1) is 17.4. The molecule has 1 unspecified atom stereocenters. The number of nitrogens with zero attached hydrogens (tertiary/aromatic N) is 4. The van der Waals surface area contributed by atoms with Crippen LogP contribution in [0.25, 0.3) is 6.08 Å². The van der Waals surface area contributed by atoms with Crippen LogP contribution in [0.5, 0.6) is 0 Å². The van der Waals surface area contributed by atoms with Crippen LogP contribution in [0.3, 0.4) is 0 Å². The first-order valence-corrected chi connectivity index (χ1v) is 11.0. The van der Waals surface area contributed by atoms with Crippen LogP contribution in [-0.2, 0) is 9.53 Å². The van der Waals surface area contributed by atoms with Gasteiger partial charge < -0.3 is 15.0 Å². The van der Waals surface area contributed by atoms with Gasteiger partial charge in [0, 0.05) is 24.6 Å². The van der Waals surface area contributed by atoms with Crippen molar-refractivity contribution in [1.29, 1.82) is 5.26 Å². The highest BCUT2D eigenvalue weighted by Gasteiger charge is 2.24. The summed E-state index contributed by atoms with van der Waals surface area (Å²) in [6, 6.07) is 13.1. The molecule has 10 heteroatoms. The number of anilines is 2. The summed E-state index contributed by atoms with van der Waals surface area (Å²) in [5.41, 5.74) is 0.817. The van der Waals surface area contributed by atoms with Crippen molar-refractivity contribution in [3.05, 3.63) is 89.8 Å². The lowest BCUT2D eigenvalue weighted by molar-refractivity contribution is -0.142. The fourth-order valence-electron chi connectivity index (χ4n) is 3.34. The Kier molecular flexibility index (Phi) is 9.17. The highest BCUT2D eigenvalue weighted by Crippen LogP contribution is 2.23. The largest absolute Gasteiger partial charge is 0.467 e. The van der Waals surface area contributed by atoms with Crippen molar-refractivity contribution in [1.82, 2.24) is 15.3 Å². The average Bonchev–Trinajstić information content (AvgIpc) is 2.89. The molecular formula is C26H23F2N5O3. The van der Waals surface area contributed by atoms with E-state index in [0.717, 1.165) is 36.6 Å². The smallest absolute Gasteiger partial charge is 0.328 e. The SMILES string of the molecule is COC(=O)C(CC=Cc1ccc(N(CCC#N)c2ncccn2)cc1)NC(=O)c1c(F)cccc1F. The minimum atomic E-state index is -1.14. The van der Waals surface area contributed by atoms with Crippen molar-refractivity contribution in [3.8, 4) is 6.07 Å². The highest BCUT2D eigenvalue weighted by atomic mass is 19.1. The number of halogens is 2. The number of amides is 1. The predicted octanol–water partition coefficient (Wildman–Crippen LogP) is 4.18. The molecule has 0 spiro atoms. The van der Waals surface area contributed by atoms with Gasteiger partial charge in [0.2, 0.25) is 5.95 Å². The van der Waals surface area contributed by atoms with E-state index >= 15 is 0 Å². The Morgan fingerprint density at radius 1 is 1.11 bits per heavy atom. The molecule has 0 aliphatic carbocycles. The molecule has 0 radical (unpaired) electrons. The maximum Gasteiger partial charge on any atom is 0.328 e. The fourth-order valence-corrected chi connectivity index (χ4v) is 3.34. The minimum Gasteiger partial charge on any atom is -0.467 e. The number of aromatic nitrogens is 2. The van der Waals surface area contributed by atoms with Gasteiger partial charge in [-0.3, -0.25) is 4.79 Å². The number of rotatable bonds is 10. The van der Waals surface area contributed by atoms with Crippen LogP contribution in [0.15, 0.2) is 67.0 Å². The second-order valence-electron chi connectivity index (χ2n) is 7.48. The Morgan fingerprint density at radius 2 is 1.78 bits per heavy atom. The maximum absolute atomic E-state index is 13.9. The number of esters is 1. The van der Waals surface area contributed by atoms with E-state index in [4.69, 9.17) is 10.00 Å². The molecule has 0 aliphatic heterocycles. The number of hydrogen-bond acceptors (Lipinski definition) is 7. The third kappa shape index (κ3) is 6.70. The number of benzene rings is 2. The van der Waals surface area contributed by atoms with Crippen LogP contribution < -0.4 is 10.2 Å². The standard InChI is InChI=1S/C26H23F2N5O3/c1-36-25(35)22(32-24(34)23-20(27)7-3-8-21(23)28)9-2-6-18-10-12-19(13-11-18)33(17-4-14-29)26-30-15-5-16-31-26/h2-3,5-8,10-13,15-16,22H,4,9,17H2,1H3,(H,32,34). The van der Waals surface area contributed by atoms with Crippen molar-refractivity contribution in [2.45, 2.75) is 18.9 Å². The zero-order chi connectivity index (χ0) is 25.9. The van der Waals surface area contributed by atoms with E-state index in [1.165, 1.54) is 0 Å². The number of carbonyl (C=O) groups excluding carboxylic acids is 2. The molecule has 1 N–H and O–H groups in total. The zero-order valence-electron chi connectivity index (χ0n) is 19.4. The number of nitriles is 1. The third-order valence-corrected chi connectivity index (χ3v) is 5.11. The monoisotopic (exact) mass is 491 g/mol. The number of ether oxygens (including phenoxy) is 1. The van der Waals surface area contributed by atoms with Crippen LogP contribution in [-0.4, -0.2) is 41.5 Å². The summed E-state index contributed by atoms with van der Waals surface area (Å²) in [6.45, 7) is 0.415. The highest BCUT2D eigenvalue weighted by molar-refractivity contribution is 5.97. The number of nitrogens with one attached hydrogen (secondary N) is 1. The molecule has 0 saturated heterocycles. The van der Waals surface area contributed by atoms with Crippen molar-refractivity contribution in [2.24, 2.45) is 0 Å². The van der Waals surface area contributed by atoms with Gasteiger partial charge in [-0.2, -0.15) is 5.26 Å². The summed E-state index contributed by atoms with van der Waals surface area (Å²) in [6.07, 6.45) is 6.93. The van der Waals surface area contributed by atoms with E-state index in [1.54, 1.807) is 30.6 Å². The van der Waals surface area contributed by atoms with Crippen molar-refractivity contribution in [3.63, 3.8) is 0 Å². The molecule has 0 fully saturated rings. The summed E-state index contributed by atoms with van der Waals surface area (Å²) in [5.74, 6) is -3.40. The summed E-state index contributed by atoms with van der Waals surface area (Å²) >= 11 is 0. The normalized spacial score (nSPS) is 11.5. The van der Waals surface area contributed by atoms with E-state index in [0.29, 0.717) is 12.5 Å². The van der Waals surface area contributed by atoms with Crippen LogP contribution in [0.4, 0.5) is 20.4 Å². The van der Waals surface area contributed by atoms with Gasteiger partial charge in [-0.05, 0) is 42.3 Å². The van der Waals surface area contributed by atoms with Crippen LogP contribution >= 0.6 is 0 Å². The minimum absolute atomic E-state index is 0.0301. The second-order valence-corrected chi connectivity index (χ2v) is 7.48. The van der Waals surface area contributed by atoms with Crippen LogP contribution in [0, 0.1) is 23.0 Å². The van der Waals surface area contributed by atoms with E-state index in [1.807, 2.05) is 29.2 Å². The Labute approximate surface area is 206 Å². The zero-order valence-corrected chi connectivity index (χ0v) is 19.4. The van der Waals surface area contributed by atoms with Gasteiger partial charge in [0.05, 0.1) is 19.6 Å². The third-order valence-electron chi connectivity index (χ3n) is 5.11. The van der Waals surface area contributed by atoms with Crippen LogP contribution in [0.2, 0.25) is 0 Å². The van der Waals surface area contributed by atoms with E-state index in [9.17, 15) is 18.4 Å². The first kappa shape index (κ1) is 26.0. The quantitative estimate of drug-likeness (QED) is 0.424. The van der Waals surface area contributed by atoms with Gasteiger partial charge in [-0.1, -0.05) is 30.4 Å². The van der Waals surface area contributed by atoms with Gasteiger partial charge in [0.1, 0.15) is 23.2 Å². The number of methoxy groups -OCH3 is 1. The molecule has 0 bridgehead atoms. The predicted molar refractivity (Wildman–Crippen MR) is 129 cm³/mol. The lowest BCUT2D eigenvalue weighted by Gasteiger charge is -2.21. The summed E-state index contributed by atoms with van der Waals surface area (Å²) in [4.78, 5) is 34.8. The van der Waals surface area contributed by atoms with Gasteiger partial charge >= 0.3 is 5.97 Å². The van der Waals surface area contributed by atoms with E-state index < -0.39 is 35.1 Å². The van der Waals surface area contributed by atoms with Gasteiger partial charge in [-0.15, -0.1) is 0 Å². The maximum atomic E-state index is 13.9. The van der Waals surface area contributed by atoms with Crippen molar-refractivity contribution < 1.29 is 23.1 Å². The lowest BCUT2D eigenvalue weighted by atomic mass is 10.1. The Morgan fingerprint density at radius 3 is 2.39 bits per heavy atom. The second kappa shape index (κ2) is 12.7. The average molecular weight is 491 g/mol. The topological polar surface area (TPSA) is 108 Å². The molecule has 1 atom stereocenters. The molecule has 2 aromatic carbocycles. The molecule has 8 nitrogen and oxygen atoms in total. The van der Waals surface area contributed by atoms with E-state index in [-0.39, 0.29) is 12.8 Å². The number of hydrogen-bond donors (Lipinski definition) is 1. The molecule has 0 aliphatic rings. The Hall–Kier alpha value is -4.65. The molecular weight excluding hydrogens is 468 g/mol. The Bertz CT molecular complexity index is 1240. The number of carbonyl (C=O) groups is 2. The molecule has 3 aromatic rings. The molecule has 1 heterocycles. The Balaban J connectivity index is 1.70. The molecule has 0 saturated carbocycles.